The first-order chi connectivity index (χ1) is 17.0. The van der Waals surface area contributed by atoms with E-state index in [0.717, 1.165) is 54.3 Å². The third kappa shape index (κ3) is 5.90. The van der Waals surface area contributed by atoms with Crippen LogP contribution in [0.5, 0.6) is 11.6 Å². The van der Waals surface area contributed by atoms with Gasteiger partial charge in [-0.15, -0.1) is 0 Å². The fourth-order valence-corrected chi connectivity index (χ4v) is 4.64. The number of benzene rings is 1. The van der Waals surface area contributed by atoms with E-state index in [-0.39, 0.29) is 0 Å². The second kappa shape index (κ2) is 11.2. The first-order valence-corrected chi connectivity index (χ1v) is 12.0. The van der Waals surface area contributed by atoms with E-state index >= 15 is 0 Å². The Morgan fingerprint density at radius 2 is 2.14 bits per heavy atom. The molecule has 0 radical (unpaired) electrons. The van der Waals surface area contributed by atoms with E-state index in [0.29, 0.717) is 36.6 Å². The van der Waals surface area contributed by atoms with Crippen molar-refractivity contribution in [2.24, 2.45) is 0 Å². The summed E-state index contributed by atoms with van der Waals surface area (Å²) in [5, 5.41) is 9.00. The van der Waals surface area contributed by atoms with E-state index in [4.69, 9.17) is 24.7 Å². The Morgan fingerprint density at radius 1 is 1.29 bits per heavy atom. The lowest BCUT2D eigenvalue weighted by Gasteiger charge is -2.32. The van der Waals surface area contributed by atoms with Gasteiger partial charge in [0.15, 0.2) is 0 Å². The maximum atomic E-state index is 9.00. The molecule has 2 aliphatic rings. The van der Waals surface area contributed by atoms with Gasteiger partial charge in [0, 0.05) is 42.5 Å². The number of allylic oxidation sites excluding steroid dienone is 5. The van der Waals surface area contributed by atoms with Gasteiger partial charge in [-0.2, -0.15) is 10.2 Å². The number of methoxy groups -OCH3 is 1. The molecule has 2 fully saturated rings. The molecule has 2 unspecified atom stereocenters. The zero-order valence-corrected chi connectivity index (χ0v) is 20.8. The number of anilines is 1. The molecule has 0 spiro atoms. The summed E-state index contributed by atoms with van der Waals surface area (Å²) in [6.07, 6.45) is 10.1. The van der Waals surface area contributed by atoms with Gasteiger partial charge in [-0.25, -0.2) is 4.98 Å². The number of piperazine rings is 1. The number of aromatic nitrogens is 2. The predicted octanol–water partition coefficient (Wildman–Crippen LogP) is 4.47. The predicted molar refractivity (Wildman–Crippen MR) is 137 cm³/mol. The van der Waals surface area contributed by atoms with Crippen molar-refractivity contribution in [2.45, 2.75) is 44.9 Å². The Hall–Kier alpha value is -3.63. The van der Waals surface area contributed by atoms with Crippen molar-refractivity contribution in [1.29, 1.82) is 5.26 Å². The molecule has 182 valence electrons. The topological polar surface area (TPSA) is 74.5 Å². The van der Waals surface area contributed by atoms with Crippen LogP contribution in [0.4, 0.5) is 5.95 Å². The first-order valence-electron chi connectivity index (χ1n) is 12.0. The smallest absolute Gasteiger partial charge is 0.228 e. The lowest BCUT2D eigenvalue weighted by atomic mass is 10.1. The van der Waals surface area contributed by atoms with Gasteiger partial charge in [-0.05, 0) is 62.6 Å². The van der Waals surface area contributed by atoms with Gasteiger partial charge in [-0.1, -0.05) is 30.9 Å². The number of fused-ring (bicyclic) bond motifs is 2. The van der Waals surface area contributed by atoms with Gasteiger partial charge < -0.3 is 14.4 Å². The maximum absolute atomic E-state index is 9.00. The fraction of sp³-hybridized carbons (Fsp3) is 0.393. The quantitative estimate of drug-likeness (QED) is 0.374. The van der Waals surface area contributed by atoms with Crippen LogP contribution in [0.2, 0.25) is 0 Å². The van der Waals surface area contributed by atoms with Crippen LogP contribution in [0.25, 0.3) is 0 Å². The highest BCUT2D eigenvalue weighted by Crippen LogP contribution is 2.33. The summed E-state index contributed by atoms with van der Waals surface area (Å²) in [6, 6.07) is 11.0. The summed E-state index contributed by atoms with van der Waals surface area (Å²) in [7, 11) is 3.85. The summed E-state index contributed by atoms with van der Waals surface area (Å²) in [5.74, 6) is 2.15. The molecule has 3 heterocycles. The van der Waals surface area contributed by atoms with E-state index in [2.05, 4.69) is 29.5 Å². The highest BCUT2D eigenvalue weighted by atomic mass is 16.5. The monoisotopic (exact) mass is 471 g/mol. The summed E-state index contributed by atoms with van der Waals surface area (Å²) in [4.78, 5) is 14.4. The molecule has 2 bridgehead atoms. The van der Waals surface area contributed by atoms with E-state index in [9.17, 15) is 0 Å². The largest absolute Gasteiger partial charge is 0.497 e. The van der Waals surface area contributed by atoms with Crippen molar-refractivity contribution in [2.75, 3.05) is 32.1 Å². The second-order valence-electron chi connectivity index (χ2n) is 9.18. The van der Waals surface area contributed by atoms with Crippen LogP contribution in [-0.2, 0) is 13.0 Å². The van der Waals surface area contributed by atoms with Gasteiger partial charge >= 0.3 is 0 Å². The Kier molecular flexibility index (Phi) is 7.84. The number of rotatable bonds is 10. The molecule has 0 saturated carbocycles. The number of nitriles is 1. The minimum absolute atomic E-state index is 0.393. The number of nitrogens with zero attached hydrogens (tertiary/aromatic N) is 5. The maximum Gasteiger partial charge on any atom is 0.228 e. The van der Waals surface area contributed by atoms with Crippen LogP contribution in [0, 0.1) is 11.3 Å². The molecule has 7 nitrogen and oxygen atoms in total. The highest BCUT2D eigenvalue weighted by molar-refractivity contribution is 5.41. The molecule has 1 aromatic heterocycles. The van der Waals surface area contributed by atoms with Crippen molar-refractivity contribution in [3.05, 3.63) is 77.5 Å². The van der Waals surface area contributed by atoms with Crippen molar-refractivity contribution in [1.82, 2.24) is 14.9 Å². The number of ether oxygens (including phenoxy) is 2. The lowest BCUT2D eigenvalue weighted by Crippen LogP contribution is -2.45. The molecule has 1 aromatic carbocycles. The molecule has 2 aliphatic heterocycles. The Balaban J connectivity index is 1.54. The Morgan fingerprint density at radius 3 is 2.83 bits per heavy atom. The summed E-state index contributed by atoms with van der Waals surface area (Å²) >= 11 is 0. The minimum atomic E-state index is 0.393. The average molecular weight is 472 g/mol. The zero-order chi connectivity index (χ0) is 24.8. The normalized spacial score (nSPS) is 20.1. The van der Waals surface area contributed by atoms with Gasteiger partial charge in [0.05, 0.1) is 13.2 Å². The number of likely N-dealkylation sites (N-methyl/N-ethyl adjacent to an activating group) is 1. The highest BCUT2D eigenvalue weighted by Gasteiger charge is 2.42. The summed E-state index contributed by atoms with van der Waals surface area (Å²) in [5.41, 5.74) is 3.67. The van der Waals surface area contributed by atoms with Crippen LogP contribution < -0.4 is 14.4 Å². The molecule has 0 amide bonds. The molecule has 7 heteroatoms. The minimum Gasteiger partial charge on any atom is -0.497 e. The van der Waals surface area contributed by atoms with E-state index in [1.54, 1.807) is 14.0 Å². The second-order valence-corrected chi connectivity index (χ2v) is 9.18. The van der Waals surface area contributed by atoms with Crippen LogP contribution in [0.1, 0.15) is 30.9 Å². The van der Waals surface area contributed by atoms with Gasteiger partial charge in [0.25, 0.3) is 0 Å². The van der Waals surface area contributed by atoms with Crippen molar-refractivity contribution in [3.63, 3.8) is 0 Å². The van der Waals surface area contributed by atoms with E-state index < -0.39 is 0 Å². The SMILES string of the molecule is C=CC(=CC=C(C)C#N)CCc1cnc(N2CC3CC2CN3C)nc1OCc1cccc(OC)c1. The third-order valence-electron chi connectivity index (χ3n) is 6.76. The molecular weight excluding hydrogens is 438 g/mol. The van der Waals surface area contributed by atoms with Crippen LogP contribution >= 0.6 is 0 Å². The molecule has 2 atom stereocenters. The van der Waals surface area contributed by atoms with Gasteiger partial charge in [0.2, 0.25) is 11.8 Å². The number of likely N-dealkylation sites (tertiary alicyclic amines) is 1. The van der Waals surface area contributed by atoms with Crippen molar-refractivity contribution < 1.29 is 9.47 Å². The number of hydrogen-bond donors (Lipinski definition) is 0. The molecule has 35 heavy (non-hydrogen) atoms. The third-order valence-corrected chi connectivity index (χ3v) is 6.76. The average Bonchev–Trinajstić information content (AvgIpc) is 3.47. The van der Waals surface area contributed by atoms with Gasteiger partial charge in [0.1, 0.15) is 12.4 Å². The number of hydrogen-bond acceptors (Lipinski definition) is 7. The summed E-state index contributed by atoms with van der Waals surface area (Å²) in [6.45, 7) is 8.09. The molecule has 2 aromatic rings. The molecule has 0 aliphatic carbocycles. The molecule has 2 saturated heterocycles. The van der Waals surface area contributed by atoms with Crippen LogP contribution in [0.15, 0.2) is 66.4 Å². The zero-order valence-electron chi connectivity index (χ0n) is 20.8. The first kappa shape index (κ1) is 24.5. The van der Waals surface area contributed by atoms with E-state index in [1.165, 1.54) is 0 Å². The Bertz CT molecular complexity index is 1160. The molecular formula is C28H33N5O2. The standard InChI is InChI=1S/C28H33N5O2/c1-5-21(10-9-20(2)15-29)11-12-23-16-30-28(33-18-24-14-25(33)17-32(24)3)31-27(23)35-19-22-7-6-8-26(13-22)34-4/h5-10,13,16,24-25H,1,11-12,14,17-19H2,2-4H3. The van der Waals surface area contributed by atoms with Gasteiger partial charge in [-0.3, -0.25) is 4.90 Å². The van der Waals surface area contributed by atoms with Crippen molar-refractivity contribution in [3.8, 4) is 17.7 Å². The Labute approximate surface area is 208 Å². The van der Waals surface area contributed by atoms with Crippen LogP contribution in [-0.4, -0.2) is 54.2 Å². The molecule has 0 N–H and O–H groups in total. The molecule has 4 rings (SSSR count). The lowest BCUT2D eigenvalue weighted by molar-refractivity contribution is 0.283. The summed E-state index contributed by atoms with van der Waals surface area (Å²) < 4.78 is 11.6. The van der Waals surface area contributed by atoms with Crippen LogP contribution in [0.3, 0.4) is 0 Å². The number of aryl methyl sites for hydroxylation is 1. The fourth-order valence-electron chi connectivity index (χ4n) is 4.64. The van der Waals surface area contributed by atoms with E-state index in [1.807, 2.05) is 48.7 Å². The van der Waals surface area contributed by atoms with Crippen molar-refractivity contribution >= 4 is 5.95 Å².